The number of carbonyl (C=O) groups excluding carboxylic acids is 1. The summed E-state index contributed by atoms with van der Waals surface area (Å²) >= 11 is 0. The molecule has 0 bridgehead atoms. The van der Waals surface area contributed by atoms with Crippen LogP contribution >= 0.6 is 0 Å². The minimum atomic E-state index is -0.136. The van der Waals surface area contributed by atoms with Gasteiger partial charge in [-0.3, -0.25) is 13.9 Å². The zero-order valence-electron chi connectivity index (χ0n) is 13.4. The Bertz CT molecular complexity index is 939. The molecule has 0 N–H and O–H groups in total. The van der Waals surface area contributed by atoms with E-state index in [0.29, 0.717) is 31.0 Å². The van der Waals surface area contributed by atoms with E-state index in [1.807, 2.05) is 19.1 Å². The van der Waals surface area contributed by atoms with Gasteiger partial charge in [0.2, 0.25) is 0 Å². The van der Waals surface area contributed by atoms with Crippen LogP contribution in [0.4, 0.5) is 0 Å². The zero-order chi connectivity index (χ0) is 16.7. The quantitative estimate of drug-likeness (QED) is 0.737. The summed E-state index contributed by atoms with van der Waals surface area (Å²) < 4.78 is 8.64. The number of pyridine rings is 1. The zero-order valence-corrected chi connectivity index (χ0v) is 13.4. The normalized spacial score (nSPS) is 17.7. The standard InChI is InChI=1S/C17H18N4O3/c1-2-20-13-5-3-8-18-15(13)21(17(20)23)12-7-9-19(11-12)16(22)14-6-4-10-24-14/h3-6,8,10,12H,2,7,9,11H2,1H3/t12-/m1/s1. The van der Waals surface area contributed by atoms with Gasteiger partial charge in [0, 0.05) is 25.8 Å². The van der Waals surface area contributed by atoms with Gasteiger partial charge in [-0.25, -0.2) is 9.78 Å². The highest BCUT2D eigenvalue weighted by Crippen LogP contribution is 2.25. The fourth-order valence-electron chi connectivity index (χ4n) is 3.44. The Morgan fingerprint density at radius 2 is 2.25 bits per heavy atom. The number of aromatic nitrogens is 3. The number of rotatable bonds is 3. The van der Waals surface area contributed by atoms with Gasteiger partial charge in [0.25, 0.3) is 5.91 Å². The van der Waals surface area contributed by atoms with Gasteiger partial charge in [0.15, 0.2) is 11.4 Å². The predicted molar refractivity (Wildman–Crippen MR) is 87.9 cm³/mol. The molecule has 0 saturated carbocycles. The maximum Gasteiger partial charge on any atom is 0.330 e. The average Bonchev–Trinajstić information content (AvgIpc) is 3.32. The Balaban J connectivity index is 1.69. The highest BCUT2D eigenvalue weighted by Gasteiger charge is 2.32. The van der Waals surface area contributed by atoms with E-state index in [1.165, 1.54) is 6.26 Å². The molecule has 1 amide bonds. The van der Waals surface area contributed by atoms with Crippen LogP contribution in [0.1, 0.15) is 29.9 Å². The van der Waals surface area contributed by atoms with Crippen LogP contribution < -0.4 is 5.69 Å². The van der Waals surface area contributed by atoms with E-state index in [0.717, 1.165) is 11.9 Å². The molecule has 0 radical (unpaired) electrons. The Kier molecular flexibility index (Phi) is 3.48. The van der Waals surface area contributed by atoms with Crippen molar-refractivity contribution in [3.63, 3.8) is 0 Å². The van der Waals surface area contributed by atoms with Crippen LogP contribution in [0.15, 0.2) is 45.9 Å². The van der Waals surface area contributed by atoms with E-state index in [4.69, 9.17) is 4.42 Å². The molecule has 4 heterocycles. The van der Waals surface area contributed by atoms with Gasteiger partial charge in [0.1, 0.15) is 0 Å². The van der Waals surface area contributed by atoms with E-state index in [9.17, 15) is 9.59 Å². The SMILES string of the molecule is CCn1c(=O)n([C@@H]2CCN(C(=O)c3ccco3)C2)c2ncccc21. The van der Waals surface area contributed by atoms with Crippen LogP contribution in [-0.2, 0) is 6.54 Å². The van der Waals surface area contributed by atoms with Gasteiger partial charge in [-0.15, -0.1) is 0 Å². The predicted octanol–water partition coefficient (Wildman–Crippen LogP) is 1.90. The number of aryl methyl sites for hydroxylation is 1. The van der Waals surface area contributed by atoms with Crippen molar-refractivity contribution in [2.75, 3.05) is 13.1 Å². The van der Waals surface area contributed by atoms with Crippen molar-refractivity contribution in [3.05, 3.63) is 53.0 Å². The smallest absolute Gasteiger partial charge is 0.330 e. The molecule has 4 rings (SSSR count). The molecule has 0 unspecified atom stereocenters. The van der Waals surface area contributed by atoms with E-state index < -0.39 is 0 Å². The minimum Gasteiger partial charge on any atom is -0.459 e. The maximum atomic E-state index is 12.8. The van der Waals surface area contributed by atoms with Crippen LogP contribution in [-0.4, -0.2) is 38.0 Å². The van der Waals surface area contributed by atoms with Crippen molar-refractivity contribution in [2.24, 2.45) is 0 Å². The molecule has 1 aliphatic heterocycles. The van der Waals surface area contributed by atoms with Gasteiger partial charge >= 0.3 is 5.69 Å². The lowest BCUT2D eigenvalue weighted by atomic mass is 10.2. The molecule has 1 atom stereocenters. The number of furan rings is 1. The molecular weight excluding hydrogens is 308 g/mol. The lowest BCUT2D eigenvalue weighted by Gasteiger charge is -2.15. The monoisotopic (exact) mass is 326 g/mol. The number of nitrogens with zero attached hydrogens (tertiary/aromatic N) is 4. The second-order valence-electron chi connectivity index (χ2n) is 5.91. The number of carbonyl (C=O) groups is 1. The topological polar surface area (TPSA) is 73.3 Å². The van der Waals surface area contributed by atoms with E-state index >= 15 is 0 Å². The Hall–Kier alpha value is -2.83. The Labute approximate surface area is 138 Å². The summed E-state index contributed by atoms with van der Waals surface area (Å²) in [4.78, 5) is 31.3. The summed E-state index contributed by atoms with van der Waals surface area (Å²) in [5, 5.41) is 0. The molecule has 1 fully saturated rings. The summed E-state index contributed by atoms with van der Waals surface area (Å²) in [6.45, 7) is 3.62. The molecule has 0 spiro atoms. The highest BCUT2D eigenvalue weighted by atomic mass is 16.3. The first-order valence-electron chi connectivity index (χ1n) is 8.09. The van der Waals surface area contributed by atoms with E-state index in [1.54, 1.807) is 32.4 Å². The summed E-state index contributed by atoms with van der Waals surface area (Å²) in [7, 11) is 0. The van der Waals surface area contributed by atoms with Crippen LogP contribution in [0.3, 0.4) is 0 Å². The highest BCUT2D eigenvalue weighted by molar-refractivity contribution is 5.91. The third-order valence-corrected chi connectivity index (χ3v) is 4.59. The second-order valence-corrected chi connectivity index (χ2v) is 5.91. The Morgan fingerprint density at radius 3 is 3.00 bits per heavy atom. The van der Waals surface area contributed by atoms with Gasteiger partial charge in [-0.1, -0.05) is 0 Å². The lowest BCUT2D eigenvalue weighted by molar-refractivity contribution is 0.0756. The van der Waals surface area contributed by atoms with E-state index in [-0.39, 0.29) is 17.6 Å². The second kappa shape index (κ2) is 5.67. The third kappa shape index (κ3) is 2.16. The Morgan fingerprint density at radius 1 is 1.38 bits per heavy atom. The molecule has 24 heavy (non-hydrogen) atoms. The van der Waals surface area contributed by atoms with Crippen molar-refractivity contribution in [3.8, 4) is 0 Å². The number of hydrogen-bond acceptors (Lipinski definition) is 4. The molecule has 7 nitrogen and oxygen atoms in total. The largest absolute Gasteiger partial charge is 0.459 e. The fraction of sp³-hybridized carbons (Fsp3) is 0.353. The van der Waals surface area contributed by atoms with Crippen LogP contribution in [0.5, 0.6) is 0 Å². The molecule has 1 saturated heterocycles. The number of imidazole rings is 1. The number of likely N-dealkylation sites (tertiary alicyclic amines) is 1. The molecule has 7 heteroatoms. The van der Waals surface area contributed by atoms with Crippen LogP contribution in [0.25, 0.3) is 11.2 Å². The molecule has 3 aromatic heterocycles. The summed E-state index contributed by atoms with van der Waals surface area (Å²) in [6.07, 6.45) is 3.91. The summed E-state index contributed by atoms with van der Waals surface area (Å²) in [5.41, 5.74) is 1.45. The first-order chi connectivity index (χ1) is 11.7. The molecule has 0 aliphatic carbocycles. The van der Waals surface area contributed by atoms with Crippen molar-refractivity contribution in [2.45, 2.75) is 25.9 Å². The third-order valence-electron chi connectivity index (χ3n) is 4.59. The van der Waals surface area contributed by atoms with Crippen LogP contribution in [0.2, 0.25) is 0 Å². The molecule has 3 aromatic rings. The van der Waals surface area contributed by atoms with Gasteiger partial charge in [-0.05, 0) is 37.6 Å². The van der Waals surface area contributed by atoms with Crippen molar-refractivity contribution < 1.29 is 9.21 Å². The van der Waals surface area contributed by atoms with Crippen molar-refractivity contribution in [1.82, 2.24) is 19.0 Å². The van der Waals surface area contributed by atoms with Gasteiger partial charge in [0.05, 0.1) is 17.8 Å². The van der Waals surface area contributed by atoms with Crippen LogP contribution in [0, 0.1) is 0 Å². The van der Waals surface area contributed by atoms with Gasteiger partial charge < -0.3 is 9.32 Å². The number of hydrogen-bond donors (Lipinski definition) is 0. The van der Waals surface area contributed by atoms with E-state index in [2.05, 4.69) is 4.98 Å². The number of amides is 1. The first kappa shape index (κ1) is 14.7. The maximum absolute atomic E-state index is 12.8. The lowest BCUT2D eigenvalue weighted by Crippen LogP contribution is -2.32. The summed E-state index contributed by atoms with van der Waals surface area (Å²) in [5.74, 6) is 0.194. The fourth-order valence-corrected chi connectivity index (χ4v) is 3.44. The van der Waals surface area contributed by atoms with Crippen molar-refractivity contribution in [1.29, 1.82) is 0 Å². The first-order valence-corrected chi connectivity index (χ1v) is 8.09. The average molecular weight is 326 g/mol. The number of fused-ring (bicyclic) bond motifs is 1. The molecular formula is C17H18N4O3. The molecule has 1 aliphatic rings. The van der Waals surface area contributed by atoms with Gasteiger partial charge in [-0.2, -0.15) is 0 Å². The van der Waals surface area contributed by atoms with Crippen molar-refractivity contribution >= 4 is 17.1 Å². The summed E-state index contributed by atoms with van der Waals surface area (Å²) in [6, 6.07) is 7.03. The molecule has 124 valence electrons. The minimum absolute atomic E-state index is 0.0662. The molecule has 0 aromatic carbocycles.